The van der Waals surface area contributed by atoms with Gasteiger partial charge in [0.1, 0.15) is 0 Å². The molecule has 0 spiro atoms. The molecule has 1 aliphatic carbocycles. The fourth-order valence-corrected chi connectivity index (χ4v) is 1.48. The van der Waals surface area contributed by atoms with E-state index >= 15 is 0 Å². The highest BCUT2D eigenvalue weighted by atomic mass is 14.8. The van der Waals surface area contributed by atoms with Crippen molar-refractivity contribution in [2.24, 2.45) is 0 Å². The molecular formula is C11H19N. The zero-order chi connectivity index (χ0) is 8.97. The maximum Gasteiger partial charge on any atom is 0.00278 e. The molecule has 0 aromatic carbocycles. The summed E-state index contributed by atoms with van der Waals surface area (Å²) in [5, 5.41) is 3.07. The van der Waals surface area contributed by atoms with Crippen molar-refractivity contribution < 1.29 is 0 Å². The van der Waals surface area contributed by atoms with Gasteiger partial charge in [0.05, 0.1) is 0 Å². The lowest BCUT2D eigenvalue weighted by Crippen LogP contribution is -1.90. The van der Waals surface area contributed by atoms with Gasteiger partial charge in [0.2, 0.25) is 0 Å². The zero-order valence-corrected chi connectivity index (χ0v) is 8.41. The van der Waals surface area contributed by atoms with E-state index < -0.39 is 0 Å². The Labute approximate surface area is 75.6 Å². The molecular weight excluding hydrogens is 146 g/mol. The number of unbranched alkanes of at least 4 members (excludes halogenated alkanes) is 1. The second-order valence-electron chi connectivity index (χ2n) is 3.50. The van der Waals surface area contributed by atoms with Gasteiger partial charge in [-0.2, -0.15) is 0 Å². The molecule has 0 amide bonds. The third kappa shape index (κ3) is 2.40. The van der Waals surface area contributed by atoms with Gasteiger partial charge in [-0.1, -0.05) is 18.9 Å². The second kappa shape index (κ2) is 4.34. The molecule has 1 aliphatic rings. The lowest BCUT2D eigenvalue weighted by atomic mass is 10.1. The van der Waals surface area contributed by atoms with Gasteiger partial charge in [-0.25, -0.2) is 0 Å². The molecule has 0 saturated heterocycles. The first-order chi connectivity index (χ1) is 5.79. The lowest BCUT2D eigenvalue weighted by Gasteiger charge is -1.96. The summed E-state index contributed by atoms with van der Waals surface area (Å²) in [5.74, 6) is 0. The first-order valence-electron chi connectivity index (χ1n) is 4.85. The predicted octanol–water partition coefficient (Wildman–Crippen LogP) is 3.00. The molecule has 1 heteroatoms. The van der Waals surface area contributed by atoms with Gasteiger partial charge in [0, 0.05) is 13.2 Å². The molecule has 1 rings (SSSR count). The summed E-state index contributed by atoms with van der Waals surface area (Å²) < 4.78 is 0. The van der Waals surface area contributed by atoms with Gasteiger partial charge in [0.25, 0.3) is 0 Å². The molecule has 0 unspecified atom stereocenters. The lowest BCUT2D eigenvalue weighted by molar-refractivity contribution is 0.785. The van der Waals surface area contributed by atoms with E-state index in [9.17, 15) is 0 Å². The molecule has 0 atom stereocenters. The van der Waals surface area contributed by atoms with E-state index in [1.54, 1.807) is 11.1 Å². The number of hydrogen-bond acceptors (Lipinski definition) is 1. The summed E-state index contributed by atoms with van der Waals surface area (Å²) in [5.41, 5.74) is 4.70. The number of nitrogens with one attached hydrogen (secondary N) is 1. The third-order valence-corrected chi connectivity index (χ3v) is 2.37. The van der Waals surface area contributed by atoms with Gasteiger partial charge in [0.15, 0.2) is 0 Å². The van der Waals surface area contributed by atoms with Crippen LogP contribution in [0.1, 0.15) is 39.5 Å². The van der Waals surface area contributed by atoms with Crippen LogP contribution in [0.5, 0.6) is 0 Å². The molecule has 0 heterocycles. The summed E-state index contributed by atoms with van der Waals surface area (Å²) in [7, 11) is 1.96. The van der Waals surface area contributed by atoms with Crippen molar-refractivity contribution in [3.8, 4) is 0 Å². The molecule has 68 valence electrons. The van der Waals surface area contributed by atoms with E-state index in [-0.39, 0.29) is 0 Å². The molecule has 0 aromatic heterocycles. The minimum Gasteiger partial charge on any atom is -0.394 e. The molecule has 0 radical (unpaired) electrons. The van der Waals surface area contributed by atoms with E-state index in [2.05, 4.69) is 25.4 Å². The van der Waals surface area contributed by atoms with Crippen LogP contribution in [0.3, 0.4) is 0 Å². The zero-order valence-electron chi connectivity index (χ0n) is 8.41. The van der Waals surface area contributed by atoms with Gasteiger partial charge < -0.3 is 5.32 Å². The highest BCUT2D eigenvalue weighted by molar-refractivity contribution is 5.52. The Morgan fingerprint density at radius 3 is 2.92 bits per heavy atom. The van der Waals surface area contributed by atoms with Gasteiger partial charge >= 0.3 is 0 Å². The monoisotopic (exact) mass is 165 g/mol. The van der Waals surface area contributed by atoms with E-state index in [0.29, 0.717) is 0 Å². The first kappa shape index (κ1) is 9.37. The maximum atomic E-state index is 3.07. The Balaban J connectivity index is 2.41. The van der Waals surface area contributed by atoms with Gasteiger partial charge in [-0.05, 0) is 37.3 Å². The highest BCUT2D eigenvalue weighted by Gasteiger charge is 2.22. The molecule has 0 aliphatic heterocycles. The summed E-state index contributed by atoms with van der Waals surface area (Å²) in [6, 6.07) is 0. The normalized spacial score (nSPS) is 22.8. The van der Waals surface area contributed by atoms with Gasteiger partial charge in [-0.15, -0.1) is 0 Å². The van der Waals surface area contributed by atoms with Crippen molar-refractivity contribution in [3.05, 3.63) is 22.9 Å². The van der Waals surface area contributed by atoms with Crippen LogP contribution in [0.2, 0.25) is 0 Å². The Kier molecular flexibility index (Phi) is 3.39. The Morgan fingerprint density at radius 1 is 1.58 bits per heavy atom. The van der Waals surface area contributed by atoms with Gasteiger partial charge in [-0.3, -0.25) is 0 Å². The summed E-state index contributed by atoms with van der Waals surface area (Å²) in [6.45, 7) is 4.51. The minimum absolute atomic E-state index is 1.22. The summed E-state index contributed by atoms with van der Waals surface area (Å²) in [4.78, 5) is 0. The van der Waals surface area contributed by atoms with Crippen molar-refractivity contribution in [2.75, 3.05) is 7.05 Å². The molecule has 0 bridgehead atoms. The van der Waals surface area contributed by atoms with Crippen LogP contribution in [0, 0.1) is 0 Å². The Hall–Kier alpha value is -0.720. The van der Waals surface area contributed by atoms with Crippen LogP contribution in [0.4, 0.5) is 0 Å². The van der Waals surface area contributed by atoms with Crippen LogP contribution >= 0.6 is 0 Å². The van der Waals surface area contributed by atoms with Crippen molar-refractivity contribution in [3.63, 3.8) is 0 Å². The maximum absolute atomic E-state index is 3.07. The van der Waals surface area contributed by atoms with Crippen molar-refractivity contribution in [2.45, 2.75) is 39.5 Å². The predicted molar refractivity (Wildman–Crippen MR) is 54.0 cm³/mol. The van der Waals surface area contributed by atoms with Crippen LogP contribution < -0.4 is 5.32 Å². The van der Waals surface area contributed by atoms with Crippen LogP contribution in [-0.2, 0) is 0 Å². The SMILES string of the molecule is CCCC/C(C)=C1/C/C1=C/NC. The minimum atomic E-state index is 1.22. The quantitative estimate of drug-likeness (QED) is 0.675. The van der Waals surface area contributed by atoms with Crippen LogP contribution in [-0.4, -0.2) is 7.05 Å². The van der Waals surface area contributed by atoms with E-state index in [4.69, 9.17) is 0 Å². The Bertz CT molecular complexity index is 211. The largest absolute Gasteiger partial charge is 0.394 e. The van der Waals surface area contributed by atoms with E-state index in [1.807, 2.05) is 7.05 Å². The topological polar surface area (TPSA) is 12.0 Å². The van der Waals surface area contributed by atoms with Crippen molar-refractivity contribution in [1.29, 1.82) is 0 Å². The summed E-state index contributed by atoms with van der Waals surface area (Å²) >= 11 is 0. The van der Waals surface area contributed by atoms with E-state index in [1.165, 1.54) is 31.3 Å². The smallest absolute Gasteiger partial charge is 0.00278 e. The standard InChI is InChI=1S/C11H19N/c1-4-5-6-9(2)11-7-10(11)8-12-3/h8,12H,4-7H2,1-3H3/b10-8-,11-9-. The fraction of sp³-hybridized carbons (Fsp3) is 0.636. The average Bonchev–Trinajstić information content (AvgIpc) is 2.80. The number of rotatable bonds is 4. The third-order valence-electron chi connectivity index (χ3n) is 2.37. The van der Waals surface area contributed by atoms with Crippen LogP contribution in [0.25, 0.3) is 0 Å². The molecule has 1 N–H and O–H groups in total. The fourth-order valence-electron chi connectivity index (χ4n) is 1.48. The number of allylic oxidation sites excluding steroid dienone is 3. The second-order valence-corrected chi connectivity index (χ2v) is 3.50. The molecule has 1 fully saturated rings. The van der Waals surface area contributed by atoms with E-state index in [0.717, 1.165) is 0 Å². The first-order valence-corrected chi connectivity index (χ1v) is 4.85. The van der Waals surface area contributed by atoms with Crippen molar-refractivity contribution >= 4 is 0 Å². The molecule has 1 nitrogen and oxygen atoms in total. The summed E-state index contributed by atoms with van der Waals surface area (Å²) in [6.07, 6.45) is 7.26. The Morgan fingerprint density at radius 2 is 2.33 bits per heavy atom. The molecule has 1 saturated carbocycles. The molecule has 12 heavy (non-hydrogen) atoms. The van der Waals surface area contributed by atoms with Crippen molar-refractivity contribution in [1.82, 2.24) is 5.32 Å². The number of hydrogen-bond donors (Lipinski definition) is 1. The molecule has 0 aromatic rings. The highest BCUT2D eigenvalue weighted by Crippen LogP contribution is 2.40. The average molecular weight is 165 g/mol. The van der Waals surface area contributed by atoms with Crippen LogP contribution in [0.15, 0.2) is 22.9 Å².